The number of aryl methyl sites for hydroxylation is 1. The molecule has 0 aliphatic rings. The van der Waals surface area contributed by atoms with Crippen LogP contribution in [0.3, 0.4) is 0 Å². The minimum Gasteiger partial charge on any atom is -0.396 e. The summed E-state index contributed by atoms with van der Waals surface area (Å²) in [6.45, 7) is 1.88. The van der Waals surface area contributed by atoms with Crippen LogP contribution in [0, 0.1) is 6.92 Å². The summed E-state index contributed by atoms with van der Waals surface area (Å²) in [6.07, 6.45) is 1.07. The SMILES string of the molecule is Cc1ccccc1S(=O)(=O)OCCCCO. The maximum absolute atomic E-state index is 11.7. The van der Waals surface area contributed by atoms with Crippen molar-refractivity contribution in [1.82, 2.24) is 0 Å². The van der Waals surface area contributed by atoms with Gasteiger partial charge in [0, 0.05) is 6.61 Å². The van der Waals surface area contributed by atoms with Crippen molar-refractivity contribution in [3.8, 4) is 0 Å². The van der Waals surface area contributed by atoms with Crippen LogP contribution >= 0.6 is 0 Å². The van der Waals surface area contributed by atoms with Gasteiger partial charge in [-0.25, -0.2) is 0 Å². The molecule has 4 nitrogen and oxygen atoms in total. The molecule has 0 spiro atoms. The van der Waals surface area contributed by atoms with Gasteiger partial charge in [-0.1, -0.05) is 18.2 Å². The lowest BCUT2D eigenvalue weighted by atomic mass is 10.2. The molecule has 5 heteroatoms. The fraction of sp³-hybridized carbons (Fsp3) is 0.455. The van der Waals surface area contributed by atoms with Gasteiger partial charge in [-0.2, -0.15) is 8.42 Å². The Morgan fingerprint density at radius 2 is 1.94 bits per heavy atom. The fourth-order valence-electron chi connectivity index (χ4n) is 1.28. The Kier molecular flexibility index (Phi) is 4.92. The Bertz CT molecular complexity index is 425. The maximum atomic E-state index is 11.7. The highest BCUT2D eigenvalue weighted by Gasteiger charge is 2.16. The van der Waals surface area contributed by atoms with E-state index in [0.717, 1.165) is 0 Å². The number of unbranched alkanes of at least 4 members (excludes halogenated alkanes) is 1. The van der Waals surface area contributed by atoms with Crippen molar-refractivity contribution in [2.24, 2.45) is 0 Å². The van der Waals surface area contributed by atoms with Gasteiger partial charge in [-0.05, 0) is 31.4 Å². The summed E-state index contributed by atoms with van der Waals surface area (Å²) in [6, 6.07) is 6.69. The Labute approximate surface area is 96.0 Å². The molecule has 0 aliphatic carbocycles. The minimum atomic E-state index is -3.65. The van der Waals surface area contributed by atoms with Crippen molar-refractivity contribution in [3.05, 3.63) is 29.8 Å². The number of hydrogen-bond acceptors (Lipinski definition) is 4. The molecular formula is C11H16O4S. The third-order valence-electron chi connectivity index (χ3n) is 2.15. The lowest BCUT2D eigenvalue weighted by Gasteiger charge is -2.07. The number of aliphatic hydroxyl groups is 1. The van der Waals surface area contributed by atoms with Crippen LogP contribution in [0.15, 0.2) is 29.2 Å². The molecule has 90 valence electrons. The molecule has 1 aromatic carbocycles. The van der Waals surface area contributed by atoms with E-state index in [0.29, 0.717) is 18.4 Å². The second kappa shape index (κ2) is 5.98. The average Bonchev–Trinajstić information content (AvgIpc) is 2.25. The van der Waals surface area contributed by atoms with Crippen molar-refractivity contribution >= 4 is 10.1 Å². The van der Waals surface area contributed by atoms with Crippen LogP contribution < -0.4 is 0 Å². The van der Waals surface area contributed by atoms with Gasteiger partial charge in [-0.3, -0.25) is 4.18 Å². The zero-order chi connectivity index (χ0) is 12.0. The first-order valence-corrected chi connectivity index (χ1v) is 6.54. The van der Waals surface area contributed by atoms with E-state index in [2.05, 4.69) is 0 Å². The van der Waals surface area contributed by atoms with Crippen LogP contribution in [0.25, 0.3) is 0 Å². The summed E-state index contributed by atoms with van der Waals surface area (Å²) in [5.74, 6) is 0. The van der Waals surface area contributed by atoms with E-state index in [9.17, 15) is 8.42 Å². The van der Waals surface area contributed by atoms with Gasteiger partial charge in [0.2, 0.25) is 0 Å². The molecule has 1 N–H and O–H groups in total. The number of hydrogen-bond donors (Lipinski definition) is 1. The van der Waals surface area contributed by atoms with Crippen LogP contribution in [0.4, 0.5) is 0 Å². The lowest BCUT2D eigenvalue weighted by Crippen LogP contribution is -2.09. The largest absolute Gasteiger partial charge is 0.396 e. The number of benzene rings is 1. The molecule has 0 radical (unpaired) electrons. The first kappa shape index (κ1) is 13.2. The monoisotopic (exact) mass is 244 g/mol. The molecule has 1 rings (SSSR count). The maximum Gasteiger partial charge on any atom is 0.297 e. The number of rotatable bonds is 6. The molecule has 0 atom stereocenters. The predicted molar refractivity (Wildman–Crippen MR) is 60.6 cm³/mol. The minimum absolute atomic E-state index is 0.0494. The van der Waals surface area contributed by atoms with E-state index in [-0.39, 0.29) is 18.1 Å². The molecule has 0 aromatic heterocycles. The van der Waals surface area contributed by atoms with E-state index in [1.807, 2.05) is 0 Å². The molecular weight excluding hydrogens is 228 g/mol. The van der Waals surface area contributed by atoms with Crippen molar-refractivity contribution in [1.29, 1.82) is 0 Å². The molecule has 0 unspecified atom stereocenters. The summed E-state index contributed by atoms with van der Waals surface area (Å²) >= 11 is 0. The van der Waals surface area contributed by atoms with Gasteiger partial charge < -0.3 is 5.11 Å². The Hall–Kier alpha value is -0.910. The van der Waals surface area contributed by atoms with Gasteiger partial charge >= 0.3 is 0 Å². The molecule has 0 heterocycles. The third kappa shape index (κ3) is 3.59. The quantitative estimate of drug-likeness (QED) is 0.608. The van der Waals surface area contributed by atoms with E-state index < -0.39 is 10.1 Å². The van der Waals surface area contributed by atoms with Gasteiger partial charge in [0.1, 0.15) is 0 Å². The molecule has 0 saturated heterocycles. The van der Waals surface area contributed by atoms with Crippen LogP contribution in [-0.2, 0) is 14.3 Å². The first-order valence-electron chi connectivity index (χ1n) is 5.14. The van der Waals surface area contributed by atoms with E-state index in [4.69, 9.17) is 9.29 Å². The normalized spacial score (nSPS) is 11.6. The number of aliphatic hydroxyl groups excluding tert-OH is 1. The van der Waals surface area contributed by atoms with Crippen molar-refractivity contribution in [3.63, 3.8) is 0 Å². The summed E-state index contributed by atoms with van der Waals surface area (Å²) in [5, 5.41) is 8.55. The van der Waals surface area contributed by atoms with Crippen LogP contribution in [0.2, 0.25) is 0 Å². The van der Waals surface area contributed by atoms with E-state index in [1.165, 1.54) is 6.07 Å². The first-order chi connectivity index (χ1) is 7.58. The predicted octanol–water partition coefficient (Wildman–Crippen LogP) is 1.47. The summed E-state index contributed by atoms with van der Waals surface area (Å²) in [4.78, 5) is 0.207. The lowest BCUT2D eigenvalue weighted by molar-refractivity contribution is 0.255. The van der Waals surface area contributed by atoms with Gasteiger partial charge in [0.05, 0.1) is 11.5 Å². The Balaban J connectivity index is 2.68. The molecule has 16 heavy (non-hydrogen) atoms. The molecule has 0 amide bonds. The molecule has 0 aliphatic heterocycles. The third-order valence-corrected chi connectivity index (χ3v) is 3.63. The summed E-state index contributed by atoms with van der Waals surface area (Å²) < 4.78 is 28.3. The van der Waals surface area contributed by atoms with Crippen LogP contribution in [0.5, 0.6) is 0 Å². The molecule has 0 saturated carbocycles. The van der Waals surface area contributed by atoms with Gasteiger partial charge in [0.15, 0.2) is 0 Å². The topological polar surface area (TPSA) is 63.6 Å². The standard InChI is InChI=1S/C11H16O4S/c1-10-6-2-3-7-11(10)16(13,14)15-9-5-4-8-12/h2-3,6-7,12H,4-5,8-9H2,1H3. The highest BCUT2D eigenvalue weighted by Crippen LogP contribution is 2.16. The van der Waals surface area contributed by atoms with Crippen molar-refractivity contribution < 1.29 is 17.7 Å². The Morgan fingerprint density at radius 1 is 1.25 bits per heavy atom. The second-order valence-electron chi connectivity index (χ2n) is 3.47. The summed E-state index contributed by atoms with van der Waals surface area (Å²) in [7, 11) is -3.65. The van der Waals surface area contributed by atoms with E-state index >= 15 is 0 Å². The van der Waals surface area contributed by atoms with Crippen molar-refractivity contribution in [2.75, 3.05) is 13.2 Å². The molecule has 1 aromatic rings. The van der Waals surface area contributed by atoms with Gasteiger partial charge in [-0.15, -0.1) is 0 Å². The summed E-state index contributed by atoms with van der Waals surface area (Å²) in [5.41, 5.74) is 0.671. The molecule has 0 fully saturated rings. The van der Waals surface area contributed by atoms with Gasteiger partial charge in [0.25, 0.3) is 10.1 Å². The zero-order valence-corrected chi connectivity index (χ0v) is 10.0. The second-order valence-corrected chi connectivity index (χ2v) is 5.06. The average molecular weight is 244 g/mol. The highest BCUT2D eigenvalue weighted by molar-refractivity contribution is 7.86. The molecule has 0 bridgehead atoms. The Morgan fingerprint density at radius 3 is 2.56 bits per heavy atom. The van der Waals surface area contributed by atoms with E-state index in [1.54, 1.807) is 25.1 Å². The van der Waals surface area contributed by atoms with Crippen LogP contribution in [-0.4, -0.2) is 26.7 Å². The zero-order valence-electron chi connectivity index (χ0n) is 9.22. The van der Waals surface area contributed by atoms with Crippen molar-refractivity contribution in [2.45, 2.75) is 24.7 Å². The highest BCUT2D eigenvalue weighted by atomic mass is 32.2. The fourth-order valence-corrected chi connectivity index (χ4v) is 2.45. The smallest absolute Gasteiger partial charge is 0.297 e. The van der Waals surface area contributed by atoms with Crippen LogP contribution in [0.1, 0.15) is 18.4 Å².